The highest BCUT2D eigenvalue weighted by Crippen LogP contribution is 2.17. The number of allylic oxidation sites excluding steroid dienone is 2. The van der Waals surface area contributed by atoms with Gasteiger partial charge in [-0.15, -0.1) is 0 Å². The van der Waals surface area contributed by atoms with Crippen LogP contribution in [0, 0.1) is 0 Å². The van der Waals surface area contributed by atoms with Crippen LogP contribution in [0.15, 0.2) is 17.1 Å². The zero-order valence-electron chi connectivity index (χ0n) is 14.1. The van der Waals surface area contributed by atoms with Gasteiger partial charge in [-0.2, -0.15) is 0 Å². The van der Waals surface area contributed by atoms with E-state index in [-0.39, 0.29) is 6.17 Å². The smallest absolute Gasteiger partial charge is 0.103 e. The van der Waals surface area contributed by atoms with Gasteiger partial charge in [0.2, 0.25) is 0 Å². The molecule has 1 aliphatic heterocycles. The number of unbranched alkanes of at least 4 members (excludes halogenated alkanes) is 7. The first-order valence-corrected chi connectivity index (χ1v) is 8.93. The molecule has 0 aromatic heterocycles. The maximum Gasteiger partial charge on any atom is 0.103 e. The molecule has 1 aliphatic rings. The van der Waals surface area contributed by atoms with Crippen molar-refractivity contribution < 1.29 is 0 Å². The predicted molar refractivity (Wildman–Crippen MR) is 93.6 cm³/mol. The SMILES string of the molecule is CC/C=C/CCCCCCCCCC1N=CCN1C(C)N. The molecule has 0 fully saturated rings. The molecular formula is C18H35N3. The summed E-state index contributed by atoms with van der Waals surface area (Å²) in [6, 6.07) is 0. The van der Waals surface area contributed by atoms with E-state index in [1.165, 1.54) is 64.2 Å². The van der Waals surface area contributed by atoms with Gasteiger partial charge in [0.05, 0.1) is 6.17 Å². The van der Waals surface area contributed by atoms with Gasteiger partial charge in [-0.3, -0.25) is 9.89 Å². The van der Waals surface area contributed by atoms with Crippen LogP contribution in [0.3, 0.4) is 0 Å². The number of hydrogen-bond acceptors (Lipinski definition) is 3. The number of rotatable bonds is 12. The normalized spacial score (nSPS) is 20.6. The highest BCUT2D eigenvalue weighted by Gasteiger charge is 2.22. The summed E-state index contributed by atoms with van der Waals surface area (Å²) < 4.78 is 0. The minimum absolute atomic E-state index is 0.124. The van der Waals surface area contributed by atoms with Crippen molar-refractivity contribution in [2.24, 2.45) is 10.7 Å². The molecule has 0 bridgehead atoms. The average molecular weight is 293 g/mol. The highest BCUT2D eigenvalue weighted by atomic mass is 15.3. The first-order chi connectivity index (χ1) is 10.3. The van der Waals surface area contributed by atoms with E-state index in [4.69, 9.17) is 5.73 Å². The molecule has 2 unspecified atom stereocenters. The van der Waals surface area contributed by atoms with Gasteiger partial charge in [-0.05, 0) is 39.0 Å². The standard InChI is InChI=1S/C18H35N3/c1-3-4-5-6-7-8-9-10-11-12-13-14-18-20-15-16-21(18)17(2)19/h4-5,15,17-18H,3,6-14,16,19H2,1-2H3/b5-4+. The van der Waals surface area contributed by atoms with Gasteiger partial charge in [0.1, 0.15) is 6.17 Å². The van der Waals surface area contributed by atoms with Crippen LogP contribution in [0.5, 0.6) is 0 Å². The summed E-state index contributed by atoms with van der Waals surface area (Å²) in [5.74, 6) is 0. The van der Waals surface area contributed by atoms with E-state index in [1.807, 2.05) is 6.21 Å². The van der Waals surface area contributed by atoms with Crippen molar-refractivity contribution in [3.8, 4) is 0 Å². The number of aliphatic imine (C=N–C) groups is 1. The lowest BCUT2D eigenvalue weighted by atomic mass is 10.1. The van der Waals surface area contributed by atoms with Crippen molar-refractivity contribution in [1.29, 1.82) is 0 Å². The van der Waals surface area contributed by atoms with Crippen molar-refractivity contribution >= 4 is 6.21 Å². The van der Waals surface area contributed by atoms with Gasteiger partial charge in [0.15, 0.2) is 0 Å². The van der Waals surface area contributed by atoms with E-state index in [9.17, 15) is 0 Å². The Labute approximate surface area is 131 Å². The first kappa shape index (κ1) is 18.4. The molecule has 0 aromatic rings. The van der Waals surface area contributed by atoms with E-state index in [0.29, 0.717) is 6.17 Å². The Balaban J connectivity index is 1.89. The fraction of sp³-hybridized carbons (Fsp3) is 0.833. The monoisotopic (exact) mass is 293 g/mol. The van der Waals surface area contributed by atoms with E-state index < -0.39 is 0 Å². The van der Waals surface area contributed by atoms with Crippen LogP contribution in [0.2, 0.25) is 0 Å². The number of hydrogen-bond donors (Lipinski definition) is 1. The largest absolute Gasteiger partial charge is 0.316 e. The molecule has 0 saturated heterocycles. The molecule has 0 radical (unpaired) electrons. The van der Waals surface area contributed by atoms with E-state index in [1.54, 1.807) is 0 Å². The zero-order valence-corrected chi connectivity index (χ0v) is 14.1. The van der Waals surface area contributed by atoms with Crippen LogP contribution in [-0.2, 0) is 0 Å². The lowest BCUT2D eigenvalue weighted by molar-refractivity contribution is 0.182. The average Bonchev–Trinajstić information content (AvgIpc) is 2.93. The zero-order chi connectivity index (χ0) is 15.3. The van der Waals surface area contributed by atoms with Crippen molar-refractivity contribution in [2.75, 3.05) is 6.54 Å². The molecule has 1 heterocycles. The van der Waals surface area contributed by atoms with Crippen molar-refractivity contribution in [3.05, 3.63) is 12.2 Å². The molecule has 21 heavy (non-hydrogen) atoms. The molecule has 2 atom stereocenters. The van der Waals surface area contributed by atoms with Crippen LogP contribution >= 0.6 is 0 Å². The van der Waals surface area contributed by atoms with Crippen molar-refractivity contribution in [1.82, 2.24) is 4.90 Å². The summed E-state index contributed by atoms with van der Waals surface area (Å²) in [5.41, 5.74) is 5.96. The van der Waals surface area contributed by atoms with Crippen LogP contribution in [0.4, 0.5) is 0 Å². The molecule has 3 nitrogen and oxygen atoms in total. The molecule has 1 rings (SSSR count). The molecular weight excluding hydrogens is 258 g/mol. The summed E-state index contributed by atoms with van der Waals surface area (Å²) in [6.45, 7) is 5.17. The minimum atomic E-state index is 0.124. The third kappa shape index (κ3) is 8.37. The van der Waals surface area contributed by atoms with Gasteiger partial charge in [-0.1, -0.05) is 51.2 Å². The maximum atomic E-state index is 5.96. The summed E-state index contributed by atoms with van der Waals surface area (Å²) in [5, 5.41) is 0. The topological polar surface area (TPSA) is 41.6 Å². The highest BCUT2D eigenvalue weighted by molar-refractivity contribution is 5.62. The molecule has 2 N–H and O–H groups in total. The summed E-state index contributed by atoms with van der Waals surface area (Å²) in [4.78, 5) is 6.82. The Hall–Kier alpha value is -0.670. The second kappa shape index (κ2) is 11.9. The first-order valence-electron chi connectivity index (χ1n) is 8.93. The lowest BCUT2D eigenvalue weighted by Gasteiger charge is -2.26. The minimum Gasteiger partial charge on any atom is -0.316 e. The summed E-state index contributed by atoms with van der Waals surface area (Å²) in [7, 11) is 0. The fourth-order valence-electron chi connectivity index (χ4n) is 2.91. The molecule has 0 saturated carbocycles. The Bertz CT molecular complexity index is 297. The maximum absolute atomic E-state index is 5.96. The lowest BCUT2D eigenvalue weighted by Crippen LogP contribution is -2.43. The van der Waals surface area contributed by atoms with Gasteiger partial charge in [0.25, 0.3) is 0 Å². The third-order valence-corrected chi connectivity index (χ3v) is 4.21. The third-order valence-electron chi connectivity index (χ3n) is 4.21. The van der Waals surface area contributed by atoms with Crippen LogP contribution < -0.4 is 5.73 Å². The Morgan fingerprint density at radius 1 is 1.14 bits per heavy atom. The van der Waals surface area contributed by atoms with Crippen LogP contribution in [-0.4, -0.2) is 30.0 Å². The Kier molecular flexibility index (Phi) is 10.4. The van der Waals surface area contributed by atoms with Crippen molar-refractivity contribution in [3.63, 3.8) is 0 Å². The molecule has 0 aromatic carbocycles. The Morgan fingerprint density at radius 2 is 1.81 bits per heavy atom. The van der Waals surface area contributed by atoms with Gasteiger partial charge >= 0.3 is 0 Å². The quantitative estimate of drug-likeness (QED) is 0.426. The molecule has 0 aliphatic carbocycles. The van der Waals surface area contributed by atoms with E-state index in [2.05, 4.69) is 35.9 Å². The number of nitrogens with two attached hydrogens (primary N) is 1. The second-order valence-electron chi connectivity index (χ2n) is 6.18. The van der Waals surface area contributed by atoms with E-state index in [0.717, 1.165) is 6.54 Å². The second-order valence-corrected chi connectivity index (χ2v) is 6.18. The number of nitrogens with zero attached hydrogens (tertiary/aromatic N) is 2. The molecule has 122 valence electrons. The predicted octanol–water partition coefficient (Wildman–Crippen LogP) is 4.48. The summed E-state index contributed by atoms with van der Waals surface area (Å²) in [6.07, 6.45) is 20.2. The van der Waals surface area contributed by atoms with Crippen LogP contribution in [0.1, 0.15) is 78.1 Å². The molecule has 0 amide bonds. The molecule has 3 heteroatoms. The van der Waals surface area contributed by atoms with Gasteiger partial charge < -0.3 is 5.73 Å². The van der Waals surface area contributed by atoms with Gasteiger partial charge in [0, 0.05) is 12.8 Å². The molecule has 0 spiro atoms. The van der Waals surface area contributed by atoms with Gasteiger partial charge in [-0.25, -0.2) is 0 Å². The van der Waals surface area contributed by atoms with E-state index >= 15 is 0 Å². The van der Waals surface area contributed by atoms with Crippen molar-refractivity contribution in [2.45, 2.75) is 90.4 Å². The summed E-state index contributed by atoms with van der Waals surface area (Å²) >= 11 is 0. The fourth-order valence-corrected chi connectivity index (χ4v) is 2.91. The Morgan fingerprint density at radius 3 is 2.48 bits per heavy atom. The van der Waals surface area contributed by atoms with Crippen LogP contribution in [0.25, 0.3) is 0 Å².